The molecule has 0 saturated carbocycles. The van der Waals surface area contributed by atoms with Crippen LogP contribution in [0.15, 0.2) is 23.8 Å². The Kier molecular flexibility index (Phi) is 24.1. The van der Waals surface area contributed by atoms with Crippen LogP contribution in [0.5, 0.6) is 0 Å². The highest BCUT2D eigenvalue weighted by Crippen LogP contribution is 2.38. The van der Waals surface area contributed by atoms with Crippen molar-refractivity contribution < 1.29 is 91.4 Å². The molecular weight excluding hydrogens is 955 g/mol. The Hall–Kier alpha value is -3.25. The summed E-state index contributed by atoms with van der Waals surface area (Å²) in [6.07, 6.45) is -8.45. The first-order valence-electron chi connectivity index (χ1n) is 25.9. The highest BCUT2D eigenvalue weighted by Gasteiger charge is 2.53. The number of hydrogen-bond donors (Lipinski definition) is 3. The number of esters is 3. The molecule has 0 amide bonds. The Morgan fingerprint density at radius 2 is 1.53 bits per heavy atom. The number of aldehydes is 1. The Balaban J connectivity index is 1.60. The number of hydrogen-bond acceptors (Lipinski definition) is 20. The van der Waals surface area contributed by atoms with Gasteiger partial charge < -0.3 is 77.1 Å². The number of ether oxygens (including phenoxy) is 11. The monoisotopic (exact) mass is 1040 g/mol. The molecule has 0 radical (unpaired) electrons. The first-order valence-corrected chi connectivity index (χ1v) is 25.9. The number of rotatable bonds is 17. The molecule has 3 saturated heterocycles. The lowest BCUT2D eigenvalue weighted by molar-refractivity contribution is -0.342. The number of aliphatic hydroxyl groups excluding tert-OH is 2. The minimum absolute atomic E-state index is 0.0405. The molecule has 0 bridgehead atoms. The third kappa shape index (κ3) is 16.9. The first-order chi connectivity index (χ1) is 34.3. The summed E-state index contributed by atoms with van der Waals surface area (Å²) in [7, 11) is 6.45. The van der Waals surface area contributed by atoms with Crippen LogP contribution in [0.3, 0.4) is 0 Å². The van der Waals surface area contributed by atoms with Gasteiger partial charge in [-0.15, -0.1) is 0 Å². The number of methoxy groups -OCH3 is 2. The molecule has 0 aromatic heterocycles. The van der Waals surface area contributed by atoms with E-state index in [0.29, 0.717) is 18.3 Å². The molecule has 0 aromatic carbocycles. The Morgan fingerprint density at radius 1 is 0.890 bits per heavy atom. The summed E-state index contributed by atoms with van der Waals surface area (Å²) in [5.74, 6) is -4.63. The molecule has 0 aliphatic carbocycles. The minimum Gasteiger partial charge on any atom is -0.462 e. The van der Waals surface area contributed by atoms with Crippen LogP contribution < -0.4 is 0 Å². The largest absolute Gasteiger partial charge is 0.462 e. The summed E-state index contributed by atoms with van der Waals surface area (Å²) < 4.78 is 67.2. The molecule has 20 heteroatoms. The average Bonchev–Trinajstić information content (AvgIpc) is 3.29. The number of carbonyl (C=O) groups is 5. The zero-order chi connectivity index (χ0) is 54.6. The number of aliphatic hydroxyl groups is 3. The third-order valence-electron chi connectivity index (χ3n) is 14.5. The zero-order valence-electron chi connectivity index (χ0n) is 45.7. The van der Waals surface area contributed by atoms with Crippen molar-refractivity contribution in [3.63, 3.8) is 0 Å². The Bertz CT molecular complexity index is 1860. The van der Waals surface area contributed by atoms with E-state index in [2.05, 4.69) is 0 Å². The van der Waals surface area contributed by atoms with Crippen molar-refractivity contribution in [2.75, 3.05) is 34.9 Å². The molecule has 21 atom stereocenters. The van der Waals surface area contributed by atoms with E-state index in [4.69, 9.17) is 52.1 Å². The Morgan fingerprint density at radius 3 is 2.11 bits per heavy atom. The molecule has 4 heterocycles. The molecule has 3 N–H and O–H groups in total. The third-order valence-corrected chi connectivity index (χ3v) is 14.5. The van der Waals surface area contributed by atoms with Crippen LogP contribution in [-0.4, -0.2) is 189 Å². The molecule has 4 rings (SSSR count). The van der Waals surface area contributed by atoms with Crippen LogP contribution in [0.2, 0.25) is 0 Å². The highest BCUT2D eigenvalue weighted by atomic mass is 16.7. The molecule has 0 spiro atoms. The van der Waals surface area contributed by atoms with Gasteiger partial charge in [-0.3, -0.25) is 19.2 Å². The molecule has 0 aromatic rings. The van der Waals surface area contributed by atoms with Crippen molar-refractivity contribution in [1.29, 1.82) is 0 Å². The molecule has 73 heavy (non-hydrogen) atoms. The SMILES string of the molecule is CCC1OC(=O)CC(O)C(C)C(OC2OC(C)C(OC3C[C@@](C)(O)C(OC(C)=O)C(C)O3)C(N(C)C)C2O)C(CC=O)CC(C)C(=O)C=CC(C)=CC1COC1OC(C)C(OC(=O)CC(C)C)C(OC)C1OC. The van der Waals surface area contributed by atoms with E-state index >= 15 is 0 Å². The van der Waals surface area contributed by atoms with Crippen molar-refractivity contribution in [3.05, 3.63) is 23.8 Å². The van der Waals surface area contributed by atoms with E-state index in [1.165, 1.54) is 34.1 Å². The van der Waals surface area contributed by atoms with E-state index < -0.39 is 152 Å². The van der Waals surface area contributed by atoms with E-state index in [1.807, 2.05) is 26.8 Å². The number of cyclic esters (lactones) is 1. The number of nitrogens with zero attached hydrogens (tertiary/aromatic N) is 1. The highest BCUT2D eigenvalue weighted by molar-refractivity contribution is 5.91. The van der Waals surface area contributed by atoms with Gasteiger partial charge in [0.2, 0.25) is 0 Å². The lowest BCUT2D eigenvalue weighted by Gasteiger charge is -2.50. The van der Waals surface area contributed by atoms with Gasteiger partial charge in [0.05, 0.1) is 49.6 Å². The van der Waals surface area contributed by atoms with Crippen molar-refractivity contribution in [2.45, 2.75) is 218 Å². The summed E-state index contributed by atoms with van der Waals surface area (Å²) in [4.78, 5) is 66.5. The van der Waals surface area contributed by atoms with Gasteiger partial charge >= 0.3 is 17.9 Å². The molecule has 4 aliphatic rings. The molecule has 3 fully saturated rings. The predicted molar refractivity (Wildman–Crippen MR) is 263 cm³/mol. The van der Waals surface area contributed by atoms with Gasteiger partial charge in [0.15, 0.2) is 36.9 Å². The predicted octanol–water partition coefficient (Wildman–Crippen LogP) is 4.00. The number of ketones is 1. The topological polar surface area (TPSA) is 251 Å². The van der Waals surface area contributed by atoms with E-state index in [-0.39, 0.29) is 44.0 Å². The van der Waals surface area contributed by atoms with E-state index in [1.54, 1.807) is 66.6 Å². The maximum Gasteiger partial charge on any atom is 0.308 e. The summed E-state index contributed by atoms with van der Waals surface area (Å²) in [6, 6.07) is -0.786. The van der Waals surface area contributed by atoms with Crippen molar-refractivity contribution in [1.82, 2.24) is 4.90 Å². The average molecular weight is 1040 g/mol. The van der Waals surface area contributed by atoms with Crippen molar-refractivity contribution in [3.8, 4) is 0 Å². The molecule has 418 valence electrons. The van der Waals surface area contributed by atoms with Gasteiger partial charge in [0.25, 0.3) is 0 Å². The maximum absolute atomic E-state index is 14.0. The quantitative estimate of drug-likeness (QED) is 0.106. The first kappa shape index (κ1) is 62.3. The van der Waals surface area contributed by atoms with Crippen LogP contribution >= 0.6 is 0 Å². The van der Waals surface area contributed by atoms with Crippen LogP contribution in [-0.2, 0) is 76.1 Å². The standard InChI is InChI=1S/C53H87NO19/c1-16-39-36(26-65-52-49(64-15)48(63-14)47(32(8)68-52)71-40(59)21-27(2)3)22-28(4)17-18-37(57)29(5)23-35(19-20-55)45(30(6)38(58)24-41(60)70-39)73-51-44(61)43(54(12)13)46(31(7)67-51)72-42-25-53(11,62)50(33(9)66-42)69-34(10)56/h17-18,20,22,27,29-33,35-36,38-39,42-52,58,61-62H,16,19,21,23-26H2,1-15H3/t29?,30?,31?,32?,33?,35?,36?,38?,39?,42?,43?,44?,45?,46?,47?,48?,49?,50?,51?,52?,53-/m1/s1. The van der Waals surface area contributed by atoms with E-state index in [0.717, 1.165) is 0 Å². The zero-order valence-corrected chi connectivity index (χ0v) is 45.7. The summed E-state index contributed by atoms with van der Waals surface area (Å²) in [6.45, 7) is 18.8. The van der Waals surface area contributed by atoms with Gasteiger partial charge in [-0.1, -0.05) is 52.3 Å². The van der Waals surface area contributed by atoms with Crippen LogP contribution in [0.1, 0.15) is 115 Å². The van der Waals surface area contributed by atoms with Crippen molar-refractivity contribution >= 4 is 30.0 Å². The summed E-state index contributed by atoms with van der Waals surface area (Å²) in [5, 5.41) is 35.3. The molecular formula is C53H87NO19. The second-order valence-electron chi connectivity index (χ2n) is 21.4. The van der Waals surface area contributed by atoms with Gasteiger partial charge in [0, 0.05) is 58.2 Å². The number of allylic oxidation sites excluding steroid dienone is 3. The number of carbonyl (C=O) groups excluding carboxylic acids is 5. The van der Waals surface area contributed by atoms with E-state index in [9.17, 15) is 39.3 Å². The molecule has 4 aliphatic heterocycles. The normalized spacial score (nSPS) is 40.5. The molecule has 20 unspecified atom stereocenters. The van der Waals surface area contributed by atoms with Gasteiger partial charge in [-0.25, -0.2) is 0 Å². The fourth-order valence-electron chi connectivity index (χ4n) is 10.6. The smallest absolute Gasteiger partial charge is 0.308 e. The summed E-state index contributed by atoms with van der Waals surface area (Å²) in [5.41, 5.74) is -0.840. The fraction of sp³-hybridized carbons (Fsp3) is 0.830. The molecule has 20 nitrogen and oxygen atoms in total. The van der Waals surface area contributed by atoms with Gasteiger partial charge in [-0.2, -0.15) is 0 Å². The van der Waals surface area contributed by atoms with Crippen LogP contribution in [0.4, 0.5) is 0 Å². The van der Waals surface area contributed by atoms with Crippen molar-refractivity contribution in [2.24, 2.45) is 29.6 Å². The lowest BCUT2D eigenvalue weighted by Crippen LogP contribution is -2.65. The minimum atomic E-state index is -1.51. The number of likely N-dealkylation sites (N-methyl/N-ethyl adjacent to an activating group) is 1. The van der Waals surface area contributed by atoms with Gasteiger partial charge in [0.1, 0.15) is 42.4 Å². The van der Waals surface area contributed by atoms with Gasteiger partial charge in [-0.05, 0) is 79.5 Å². The lowest BCUT2D eigenvalue weighted by atomic mass is 9.79. The second kappa shape index (κ2) is 28.2. The van der Waals surface area contributed by atoms with Crippen LogP contribution in [0, 0.1) is 29.6 Å². The Labute approximate surface area is 432 Å². The van der Waals surface area contributed by atoms with Crippen LogP contribution in [0.25, 0.3) is 0 Å². The summed E-state index contributed by atoms with van der Waals surface area (Å²) >= 11 is 0. The maximum atomic E-state index is 14.0. The second-order valence-corrected chi connectivity index (χ2v) is 21.4. The fourth-order valence-corrected chi connectivity index (χ4v) is 10.6.